The summed E-state index contributed by atoms with van der Waals surface area (Å²) in [6.45, 7) is 24.8. The van der Waals surface area contributed by atoms with Crippen molar-refractivity contribution in [3.8, 4) is 23.7 Å². The van der Waals surface area contributed by atoms with Crippen LogP contribution >= 0.6 is 47.8 Å². The number of hydrogen-bond acceptors (Lipinski definition) is 19. The lowest BCUT2D eigenvalue weighted by atomic mass is 10.0. The van der Waals surface area contributed by atoms with Gasteiger partial charge in [0.15, 0.2) is 0 Å². The molecule has 656 valence electrons. The maximum atomic E-state index is 12.8. The predicted molar refractivity (Wildman–Crippen MR) is 498 cm³/mol. The zero-order chi connectivity index (χ0) is 91.8. The number of esters is 1. The Morgan fingerprint density at radius 2 is 0.738 bits per heavy atom. The van der Waals surface area contributed by atoms with Crippen molar-refractivity contribution in [1.82, 2.24) is 53.9 Å². The molecule has 4 amide bonds. The van der Waals surface area contributed by atoms with Gasteiger partial charge in [-0.3, -0.25) is 53.5 Å². The number of hydrogen-bond donors (Lipinski definition) is 8. The Morgan fingerprint density at radius 1 is 0.421 bits per heavy atom. The number of benzene rings is 7. The van der Waals surface area contributed by atoms with E-state index in [-0.39, 0.29) is 62.0 Å². The maximum absolute atomic E-state index is 12.8. The number of amides is 4. The molecule has 126 heavy (non-hydrogen) atoms. The first-order valence-electron chi connectivity index (χ1n) is 40.0. The van der Waals surface area contributed by atoms with E-state index >= 15 is 0 Å². The van der Waals surface area contributed by atoms with E-state index in [4.69, 9.17) is 10.2 Å². The van der Waals surface area contributed by atoms with Gasteiger partial charge in [0.2, 0.25) is 0 Å². The molecule has 0 unspecified atom stereocenters. The lowest BCUT2D eigenvalue weighted by Crippen LogP contribution is -2.54. The number of carboxylic acid groups (broad SMARTS) is 2. The van der Waals surface area contributed by atoms with Gasteiger partial charge in [0, 0.05) is 162 Å². The van der Waals surface area contributed by atoms with Crippen molar-refractivity contribution in [2.24, 2.45) is 0 Å². The maximum Gasteiger partial charge on any atom is 0.336 e. The van der Waals surface area contributed by atoms with Gasteiger partial charge in [-0.05, 0) is 247 Å². The molecular formula is C92H95Br3N14O15S2. The molecule has 2 atom stereocenters. The molecule has 34 heteroatoms. The van der Waals surface area contributed by atoms with Crippen LogP contribution in [0.4, 0.5) is 17.1 Å². The van der Waals surface area contributed by atoms with E-state index in [0.717, 1.165) is 96.8 Å². The van der Waals surface area contributed by atoms with Gasteiger partial charge in [-0.25, -0.2) is 4.79 Å². The molecule has 7 aromatic carbocycles. The monoisotopic (exact) mass is 1940 g/mol. The number of pyridine rings is 4. The van der Waals surface area contributed by atoms with Crippen LogP contribution < -0.4 is 40.5 Å². The molecule has 8 N–H and O–H groups in total. The zero-order valence-electron chi connectivity index (χ0n) is 71.4. The molecular weight excluding hydrogens is 1840 g/mol. The standard InChI is InChI=1S/C30H35N5O5S.C29H33N5O5S.C14H15BrN2O.C11H8BrNO2.C8H4BrNO2/c1-20(2)31-29(36)27-18-21(3)32-28-13-10-24(19-26(27)28)7-6-23-8-11-25(12-9-23)34-14-16-35(17-15-34)41(38,39)33-22(4)30(37)40-5;1-19(2)30-28(35)26-17-20(3)31-27-12-9-23(18-25(26)27)6-5-22-7-10-24(11-8-22)33-13-15-34(16-14-33)40(38,39)32-21(4)29(36)37;1-8(2)16-14(18)12-6-9(3)17-13-5-4-10(15)7-11(12)13;1-6-4-9(11(14)15)8-5-7(12)2-3-10(8)13-6;9-4-1-2-6-5(3-4)7(11)8(12)10-6/h8-13,18-20,22,33H,14-17H2,1-5H3,(H,31,36);7-12,17-19,21,32H,13-16H2,1-4H3,(H,30,35)(H,36,37);4-8H,1-3H3,(H,16,18);2-5H,1H3,(H,14,15);1-3H,(H,10,11,12)/t22-;21-;;;/m01.../s1. The molecule has 3 aliphatic heterocycles. The molecule has 29 nitrogen and oxygen atoms in total. The summed E-state index contributed by atoms with van der Waals surface area (Å²) in [5.74, 6) is 8.57. The number of halogens is 3. The number of aromatic nitrogens is 4. The Balaban J connectivity index is 0.000000178. The number of aliphatic carboxylic acids is 1. The Hall–Kier alpha value is -12.0. The molecule has 0 saturated carbocycles. The number of piperazine rings is 2. The van der Waals surface area contributed by atoms with Gasteiger partial charge < -0.3 is 46.0 Å². The van der Waals surface area contributed by atoms with Crippen LogP contribution in [0.5, 0.6) is 0 Å². The van der Waals surface area contributed by atoms with E-state index in [1.165, 1.54) is 29.6 Å². The molecule has 2 fully saturated rings. The van der Waals surface area contributed by atoms with Crippen LogP contribution in [-0.4, -0.2) is 193 Å². The number of aryl methyl sites for hydroxylation is 4. The van der Waals surface area contributed by atoms with E-state index in [9.17, 15) is 55.2 Å². The highest BCUT2D eigenvalue weighted by atomic mass is 79.9. The highest BCUT2D eigenvalue weighted by Crippen LogP contribution is 2.30. The van der Waals surface area contributed by atoms with Crippen molar-refractivity contribution in [3.05, 3.63) is 250 Å². The first kappa shape index (κ1) is 96.3. The second-order valence-electron chi connectivity index (χ2n) is 30.6. The largest absolute Gasteiger partial charge is 0.480 e. The van der Waals surface area contributed by atoms with Gasteiger partial charge in [0.1, 0.15) is 12.1 Å². The number of nitrogens with zero attached hydrogens (tertiary/aromatic N) is 8. The molecule has 14 rings (SSSR count). The fourth-order valence-electron chi connectivity index (χ4n) is 13.5. The van der Waals surface area contributed by atoms with Gasteiger partial charge >= 0.3 is 17.9 Å². The summed E-state index contributed by atoms with van der Waals surface area (Å²) in [4.78, 5) is 115. The normalized spacial score (nSPS) is 13.8. The zero-order valence-corrected chi connectivity index (χ0v) is 77.8. The fourth-order valence-corrected chi connectivity index (χ4v) is 17.2. The predicted octanol–water partition coefficient (Wildman–Crippen LogP) is 13.1. The summed E-state index contributed by atoms with van der Waals surface area (Å²) in [5, 5.41) is 32.4. The van der Waals surface area contributed by atoms with E-state index in [1.54, 1.807) is 55.5 Å². The number of ether oxygens (including phenoxy) is 1. The van der Waals surface area contributed by atoms with Crippen LogP contribution in [0.1, 0.15) is 152 Å². The van der Waals surface area contributed by atoms with Crippen LogP contribution in [0.15, 0.2) is 177 Å². The number of fused-ring (bicyclic) bond motifs is 5. The molecule has 3 aliphatic rings. The minimum atomic E-state index is -3.87. The highest BCUT2D eigenvalue weighted by Gasteiger charge is 2.33. The summed E-state index contributed by atoms with van der Waals surface area (Å²) in [6.07, 6.45) is 0. The van der Waals surface area contributed by atoms with Crippen LogP contribution in [0, 0.1) is 51.4 Å². The van der Waals surface area contributed by atoms with Crippen LogP contribution in [0.2, 0.25) is 0 Å². The Bertz CT molecular complexity index is 6400. The minimum Gasteiger partial charge on any atom is -0.480 e. The van der Waals surface area contributed by atoms with E-state index < -0.39 is 62.1 Å². The van der Waals surface area contributed by atoms with Gasteiger partial charge in [0.25, 0.3) is 49.8 Å². The third kappa shape index (κ3) is 25.9. The van der Waals surface area contributed by atoms with Gasteiger partial charge in [-0.15, -0.1) is 0 Å². The smallest absolute Gasteiger partial charge is 0.336 e. The van der Waals surface area contributed by atoms with Crippen LogP contribution in [0.25, 0.3) is 43.6 Å². The molecule has 11 aromatic rings. The van der Waals surface area contributed by atoms with Crippen molar-refractivity contribution in [2.45, 2.75) is 113 Å². The average molecular weight is 1940 g/mol. The summed E-state index contributed by atoms with van der Waals surface area (Å²) < 4.78 is 64.5. The summed E-state index contributed by atoms with van der Waals surface area (Å²) in [6, 6.07) is 48.1. The fraction of sp³-hybridized carbons (Fsp3) is 0.283. The number of methoxy groups -OCH3 is 1. The van der Waals surface area contributed by atoms with Crippen molar-refractivity contribution in [1.29, 1.82) is 0 Å². The van der Waals surface area contributed by atoms with E-state index in [2.05, 4.69) is 137 Å². The lowest BCUT2D eigenvalue weighted by molar-refractivity contribution is -0.142. The van der Waals surface area contributed by atoms with Crippen molar-refractivity contribution < 1.29 is 70.1 Å². The molecule has 0 aliphatic carbocycles. The van der Waals surface area contributed by atoms with Crippen LogP contribution in [-0.2, 0) is 39.5 Å². The highest BCUT2D eigenvalue weighted by molar-refractivity contribution is 9.11. The number of carbonyl (C=O) groups excluding carboxylic acids is 6. The number of aromatic carboxylic acids is 1. The Kier molecular flexibility index (Phi) is 32.7. The molecule has 2 saturated heterocycles. The molecule has 7 heterocycles. The van der Waals surface area contributed by atoms with Gasteiger partial charge in [0.05, 0.1) is 62.7 Å². The molecule has 0 spiro atoms. The Labute approximate surface area is 756 Å². The van der Waals surface area contributed by atoms with Crippen molar-refractivity contribution in [3.63, 3.8) is 0 Å². The summed E-state index contributed by atoms with van der Waals surface area (Å²) in [7, 11) is -6.45. The second-order valence-corrected chi connectivity index (χ2v) is 36.8. The van der Waals surface area contributed by atoms with Crippen molar-refractivity contribution >= 4 is 176 Å². The third-order valence-electron chi connectivity index (χ3n) is 19.5. The Morgan fingerprint density at radius 3 is 1.10 bits per heavy atom. The number of Topliss-reactive ketones (excluding diaryl/α,β-unsaturated/α-hetero) is 1. The first-order chi connectivity index (χ1) is 59.6. The van der Waals surface area contributed by atoms with Crippen LogP contribution in [0.3, 0.4) is 0 Å². The minimum absolute atomic E-state index is 0.0171. The summed E-state index contributed by atoms with van der Waals surface area (Å²) in [5.41, 5.74) is 14.4. The number of rotatable bonds is 17. The molecule has 4 aromatic heterocycles. The van der Waals surface area contributed by atoms with E-state index in [1.807, 2.05) is 178 Å². The first-order valence-corrected chi connectivity index (χ1v) is 45.3. The van der Waals surface area contributed by atoms with Gasteiger partial charge in [-0.1, -0.05) is 71.5 Å². The summed E-state index contributed by atoms with van der Waals surface area (Å²) >= 11 is 9.96. The number of nitrogens with one attached hydrogen (secondary N) is 6. The SMILES string of the molecule is COC(=O)[C@H](C)NS(=O)(=O)N1CCN(c2ccc(C#Cc3ccc4nc(C)cc(C(=O)NC(C)C)c4c3)cc2)CC1.Cc1cc(C(=O)NC(C)C)c2cc(Br)ccc2n1.Cc1cc(C(=O)NC(C)C)c2cc(C#Cc3ccc(N4CCN(S(=O)(=O)N[C@H](C)C(=O)O)CC4)cc3)ccc2n1.Cc1cc(C(=O)O)c2cc(Br)ccc2n1.O=C1Nc2ccc(Br)cc2C1=O. The molecule has 0 radical (unpaired) electrons. The number of ketones is 1. The third-order valence-corrected chi connectivity index (χ3v) is 24.3. The quantitative estimate of drug-likeness (QED) is 0.0238. The van der Waals surface area contributed by atoms with E-state index in [0.29, 0.717) is 76.3 Å². The topological polar surface area (TPSA) is 391 Å². The average Bonchev–Trinajstić information content (AvgIpc) is 1.22. The lowest BCUT2D eigenvalue weighted by Gasteiger charge is -2.35. The molecule has 0 bridgehead atoms. The van der Waals surface area contributed by atoms with Gasteiger partial charge in [-0.2, -0.15) is 34.9 Å². The second kappa shape index (κ2) is 42.8. The number of carboxylic acids is 2. The van der Waals surface area contributed by atoms with Crippen molar-refractivity contribution in [2.75, 3.05) is 74.6 Å². The number of anilines is 3. The number of carbonyl (C=O) groups is 8.